The van der Waals surface area contributed by atoms with Crippen LogP contribution in [0, 0.1) is 0 Å². The van der Waals surface area contributed by atoms with Crippen molar-refractivity contribution in [3.63, 3.8) is 0 Å². The van der Waals surface area contributed by atoms with Crippen LogP contribution in [0.2, 0.25) is 8.87 Å². The molecular formula is C14H30Sn+2. The van der Waals surface area contributed by atoms with E-state index in [1.165, 1.54) is 57.8 Å². The molecule has 0 radical (unpaired) electrons. The Labute approximate surface area is 108 Å². The molecule has 15 heavy (non-hydrogen) atoms. The molecule has 0 fully saturated rings. The summed E-state index contributed by atoms with van der Waals surface area (Å²) < 4.78 is 3.18. The first kappa shape index (κ1) is 15.8. The molecule has 0 aliphatic carbocycles. The Balaban J connectivity index is 2.81. The van der Waals surface area contributed by atoms with Gasteiger partial charge in [0.15, 0.2) is 0 Å². The fraction of sp³-hybridized carbons (Fsp3) is 1.00. The van der Waals surface area contributed by atoms with E-state index in [1.807, 2.05) is 0 Å². The van der Waals surface area contributed by atoms with Gasteiger partial charge in [-0.15, -0.1) is 0 Å². The van der Waals surface area contributed by atoms with Crippen LogP contribution in [-0.4, -0.2) is 21.1 Å². The zero-order valence-corrected chi connectivity index (χ0v) is 13.8. The molecule has 0 saturated heterocycles. The van der Waals surface area contributed by atoms with E-state index in [0.717, 1.165) is 0 Å². The van der Waals surface area contributed by atoms with Gasteiger partial charge in [-0.2, -0.15) is 0 Å². The number of hydrogen-bond donors (Lipinski definition) is 0. The normalized spacial score (nSPS) is 10.3. The Morgan fingerprint density at radius 1 is 0.600 bits per heavy atom. The molecule has 0 nitrogen and oxygen atoms in total. The fourth-order valence-electron chi connectivity index (χ4n) is 1.91. The van der Waals surface area contributed by atoms with E-state index < -0.39 is 0 Å². The van der Waals surface area contributed by atoms with Crippen molar-refractivity contribution in [1.29, 1.82) is 0 Å². The van der Waals surface area contributed by atoms with Crippen molar-refractivity contribution in [3.05, 3.63) is 0 Å². The summed E-state index contributed by atoms with van der Waals surface area (Å²) in [5.41, 5.74) is 0. The zero-order chi connectivity index (χ0) is 11.2. The van der Waals surface area contributed by atoms with Gasteiger partial charge in [-0.3, -0.25) is 0 Å². The summed E-state index contributed by atoms with van der Waals surface area (Å²) in [5.74, 6) is 0. The number of hydrogen-bond acceptors (Lipinski definition) is 0. The second-order valence-electron chi connectivity index (χ2n) is 4.54. The van der Waals surface area contributed by atoms with Gasteiger partial charge in [0.25, 0.3) is 0 Å². The third-order valence-electron chi connectivity index (χ3n) is 2.96. The molecule has 0 spiro atoms. The Hall–Kier alpha value is 0.799. The van der Waals surface area contributed by atoms with Gasteiger partial charge in [0.2, 0.25) is 0 Å². The first-order valence-electron chi connectivity index (χ1n) is 7.12. The molecule has 0 aliphatic rings. The van der Waals surface area contributed by atoms with E-state index >= 15 is 0 Å². The molecule has 0 heterocycles. The van der Waals surface area contributed by atoms with Crippen LogP contribution in [-0.2, 0) is 0 Å². The van der Waals surface area contributed by atoms with Crippen molar-refractivity contribution in [2.75, 3.05) is 0 Å². The average molecular weight is 317 g/mol. The van der Waals surface area contributed by atoms with E-state index in [4.69, 9.17) is 0 Å². The molecule has 88 valence electrons. The fourth-order valence-corrected chi connectivity index (χ4v) is 4.35. The van der Waals surface area contributed by atoms with Gasteiger partial charge in [-0.1, -0.05) is 0 Å². The predicted octanol–water partition coefficient (Wildman–Crippen LogP) is 5.47. The molecule has 0 aromatic heterocycles. The molecule has 0 bridgehead atoms. The van der Waals surface area contributed by atoms with Crippen molar-refractivity contribution >= 4 is 21.1 Å². The van der Waals surface area contributed by atoms with Crippen molar-refractivity contribution in [1.82, 2.24) is 0 Å². The van der Waals surface area contributed by atoms with Crippen molar-refractivity contribution in [3.8, 4) is 0 Å². The summed E-state index contributed by atoms with van der Waals surface area (Å²) >= 11 is 0.128. The van der Waals surface area contributed by atoms with Gasteiger partial charge < -0.3 is 0 Å². The molecule has 0 aromatic carbocycles. The Morgan fingerprint density at radius 2 is 1.07 bits per heavy atom. The Morgan fingerprint density at radius 3 is 1.53 bits per heavy atom. The first-order chi connectivity index (χ1) is 7.41. The Kier molecular flexibility index (Phi) is 15.6. The maximum absolute atomic E-state index is 2.36. The summed E-state index contributed by atoms with van der Waals surface area (Å²) in [4.78, 5) is 0. The van der Waals surface area contributed by atoms with E-state index in [9.17, 15) is 0 Å². The minimum absolute atomic E-state index is 0.128. The van der Waals surface area contributed by atoms with Crippen LogP contribution in [0.3, 0.4) is 0 Å². The molecule has 0 aromatic rings. The summed E-state index contributed by atoms with van der Waals surface area (Å²) in [6.07, 6.45) is 14.9. The first-order valence-corrected chi connectivity index (χ1v) is 11.2. The van der Waals surface area contributed by atoms with Gasteiger partial charge in [0.1, 0.15) is 0 Å². The third-order valence-corrected chi connectivity index (χ3v) is 6.40. The maximum atomic E-state index is 2.36. The molecule has 0 unspecified atom stereocenters. The quantitative estimate of drug-likeness (QED) is 0.331. The van der Waals surface area contributed by atoms with Gasteiger partial charge >= 0.3 is 108 Å². The SMILES string of the molecule is CCCCCCCCCCC[CH2][Sn+2][CH2]C. The zero-order valence-electron chi connectivity index (χ0n) is 11.0. The van der Waals surface area contributed by atoms with Crippen LogP contribution in [0.1, 0.15) is 78.1 Å². The van der Waals surface area contributed by atoms with Crippen molar-refractivity contribution in [2.24, 2.45) is 0 Å². The molecule has 0 amide bonds. The number of unbranched alkanes of at least 4 members (excludes halogenated alkanes) is 9. The molecule has 0 aliphatic heterocycles. The van der Waals surface area contributed by atoms with Gasteiger partial charge in [0, 0.05) is 0 Å². The van der Waals surface area contributed by atoms with Crippen LogP contribution < -0.4 is 0 Å². The third kappa shape index (κ3) is 14.8. The summed E-state index contributed by atoms with van der Waals surface area (Å²) in [6, 6.07) is 0. The molecule has 0 rings (SSSR count). The number of rotatable bonds is 12. The Bertz CT molecular complexity index is 89.5. The van der Waals surface area contributed by atoms with E-state index in [-0.39, 0.29) is 21.1 Å². The van der Waals surface area contributed by atoms with Crippen LogP contribution >= 0.6 is 0 Å². The van der Waals surface area contributed by atoms with Gasteiger partial charge in [-0.05, 0) is 0 Å². The van der Waals surface area contributed by atoms with Crippen LogP contribution in [0.25, 0.3) is 0 Å². The minimum atomic E-state index is 0.128. The summed E-state index contributed by atoms with van der Waals surface area (Å²) in [5, 5.41) is 0. The molecule has 1 heteroatoms. The van der Waals surface area contributed by atoms with Crippen molar-refractivity contribution in [2.45, 2.75) is 86.9 Å². The van der Waals surface area contributed by atoms with Crippen LogP contribution in [0.15, 0.2) is 0 Å². The molecule has 0 N–H and O–H groups in total. The summed E-state index contributed by atoms with van der Waals surface area (Å²) in [6.45, 7) is 4.66. The summed E-state index contributed by atoms with van der Waals surface area (Å²) in [7, 11) is 0. The van der Waals surface area contributed by atoms with Crippen LogP contribution in [0.5, 0.6) is 0 Å². The van der Waals surface area contributed by atoms with Gasteiger partial charge in [-0.25, -0.2) is 0 Å². The predicted molar refractivity (Wildman–Crippen MR) is 72.9 cm³/mol. The second-order valence-corrected chi connectivity index (χ2v) is 9.41. The average Bonchev–Trinajstić information content (AvgIpc) is 2.26. The van der Waals surface area contributed by atoms with Gasteiger partial charge in [0.05, 0.1) is 0 Å². The van der Waals surface area contributed by atoms with E-state index in [1.54, 1.807) is 15.3 Å². The van der Waals surface area contributed by atoms with E-state index in [0.29, 0.717) is 0 Å². The monoisotopic (exact) mass is 318 g/mol. The molecular weight excluding hydrogens is 287 g/mol. The molecule has 0 atom stereocenters. The topological polar surface area (TPSA) is 0 Å². The van der Waals surface area contributed by atoms with Crippen LogP contribution in [0.4, 0.5) is 0 Å². The van der Waals surface area contributed by atoms with E-state index in [2.05, 4.69) is 13.8 Å². The van der Waals surface area contributed by atoms with Crippen molar-refractivity contribution < 1.29 is 0 Å². The standard InChI is InChI=1S/C12H25.C2H5.Sn/c1-3-5-7-9-11-12-10-8-6-4-2;1-2;/h1,3-12H2,2H3;1H2,2H3;/q;;+2. The molecule has 0 saturated carbocycles. The second kappa shape index (κ2) is 14.8.